The minimum absolute atomic E-state index is 0.0594. The first-order valence-corrected chi connectivity index (χ1v) is 8.07. The second kappa shape index (κ2) is 5.71. The van der Waals surface area contributed by atoms with Gasteiger partial charge >= 0.3 is 5.97 Å². The Morgan fingerprint density at radius 1 is 1.27 bits per heavy atom. The molecule has 1 aromatic rings. The normalized spacial score (nSPS) is 23.8. The van der Waals surface area contributed by atoms with Crippen molar-refractivity contribution in [1.82, 2.24) is 0 Å². The molecule has 116 valence electrons. The topological polar surface area (TPSA) is 38.7 Å². The molecule has 2 heterocycles. The second-order valence-corrected chi connectivity index (χ2v) is 7.12. The van der Waals surface area contributed by atoms with E-state index in [2.05, 4.69) is 4.99 Å². The van der Waals surface area contributed by atoms with E-state index in [9.17, 15) is 4.79 Å². The number of benzene rings is 1. The average Bonchev–Trinajstić information content (AvgIpc) is 2.63. The van der Waals surface area contributed by atoms with E-state index in [0.717, 1.165) is 24.1 Å². The molecule has 2 aliphatic heterocycles. The summed E-state index contributed by atoms with van der Waals surface area (Å²) >= 11 is 12.1. The Labute approximate surface area is 140 Å². The van der Waals surface area contributed by atoms with Gasteiger partial charge in [-0.1, -0.05) is 29.3 Å². The second-order valence-electron chi connectivity index (χ2n) is 6.30. The summed E-state index contributed by atoms with van der Waals surface area (Å²) in [5.41, 5.74) is 1.95. The Balaban J connectivity index is 2.08. The van der Waals surface area contributed by atoms with Crippen molar-refractivity contribution in [1.29, 1.82) is 0 Å². The SMILES string of the molecule is CC1(C)CC2=C(C(=O)O1)C(c1ccc(Cl)c(Cl)c1)CCC=N2. The molecule has 0 fully saturated rings. The van der Waals surface area contributed by atoms with Gasteiger partial charge in [-0.25, -0.2) is 4.79 Å². The lowest BCUT2D eigenvalue weighted by molar-refractivity contribution is -0.153. The number of nitrogens with zero attached hydrogens (tertiary/aromatic N) is 1. The number of carbonyl (C=O) groups is 1. The smallest absolute Gasteiger partial charge is 0.337 e. The molecule has 1 atom stereocenters. The standard InChI is InChI=1S/C17H17Cl2NO2/c1-17(2)9-14-15(16(21)22-17)11(4-3-7-20-14)10-5-6-12(18)13(19)8-10/h5-8,11H,3-4,9H2,1-2H3. The highest BCUT2D eigenvalue weighted by Gasteiger charge is 2.38. The molecule has 5 heteroatoms. The van der Waals surface area contributed by atoms with Crippen LogP contribution in [0, 0.1) is 0 Å². The molecule has 2 aliphatic rings. The third-order valence-corrected chi connectivity index (χ3v) is 4.76. The summed E-state index contributed by atoms with van der Waals surface area (Å²) < 4.78 is 5.57. The summed E-state index contributed by atoms with van der Waals surface area (Å²) in [5, 5.41) is 1.01. The molecule has 1 unspecified atom stereocenters. The van der Waals surface area contributed by atoms with Crippen molar-refractivity contribution in [3.63, 3.8) is 0 Å². The van der Waals surface area contributed by atoms with Crippen molar-refractivity contribution in [2.75, 3.05) is 0 Å². The molecule has 0 N–H and O–H groups in total. The van der Waals surface area contributed by atoms with Gasteiger partial charge in [0.15, 0.2) is 0 Å². The number of aliphatic imine (C=N–C) groups is 1. The highest BCUT2D eigenvalue weighted by Crippen LogP contribution is 2.41. The maximum atomic E-state index is 12.5. The summed E-state index contributed by atoms with van der Waals surface area (Å²) in [6.07, 6.45) is 4.13. The lowest BCUT2D eigenvalue weighted by atomic mass is 9.83. The van der Waals surface area contributed by atoms with E-state index in [1.165, 1.54) is 0 Å². The fraction of sp³-hybridized carbons (Fsp3) is 0.412. The van der Waals surface area contributed by atoms with Crippen molar-refractivity contribution in [3.8, 4) is 0 Å². The van der Waals surface area contributed by atoms with Crippen LogP contribution in [-0.2, 0) is 9.53 Å². The van der Waals surface area contributed by atoms with Crippen molar-refractivity contribution < 1.29 is 9.53 Å². The van der Waals surface area contributed by atoms with Gasteiger partial charge < -0.3 is 4.74 Å². The number of cyclic esters (lactones) is 1. The van der Waals surface area contributed by atoms with Gasteiger partial charge in [0.1, 0.15) is 5.60 Å². The third-order valence-electron chi connectivity index (χ3n) is 4.02. The van der Waals surface area contributed by atoms with Gasteiger partial charge in [-0.2, -0.15) is 0 Å². The predicted molar refractivity (Wildman–Crippen MR) is 88.7 cm³/mol. The molecule has 1 aromatic carbocycles. The first kappa shape index (κ1) is 15.6. The van der Waals surface area contributed by atoms with Crippen LogP contribution >= 0.6 is 23.2 Å². The molecule has 0 aliphatic carbocycles. The van der Waals surface area contributed by atoms with E-state index in [0.29, 0.717) is 22.0 Å². The highest BCUT2D eigenvalue weighted by atomic mass is 35.5. The van der Waals surface area contributed by atoms with Gasteiger partial charge in [0.05, 0.1) is 21.3 Å². The van der Waals surface area contributed by atoms with E-state index in [-0.39, 0.29) is 11.9 Å². The van der Waals surface area contributed by atoms with E-state index in [1.54, 1.807) is 6.07 Å². The zero-order valence-corrected chi connectivity index (χ0v) is 14.0. The third kappa shape index (κ3) is 2.92. The molecule has 0 saturated heterocycles. The molecule has 22 heavy (non-hydrogen) atoms. The largest absolute Gasteiger partial charge is 0.456 e. The number of carbonyl (C=O) groups excluding carboxylic acids is 1. The monoisotopic (exact) mass is 337 g/mol. The van der Waals surface area contributed by atoms with Crippen LogP contribution in [0.25, 0.3) is 0 Å². The summed E-state index contributed by atoms with van der Waals surface area (Å²) in [4.78, 5) is 17.0. The predicted octanol–water partition coefficient (Wildman–Crippen LogP) is 4.92. The molecule has 0 amide bonds. The van der Waals surface area contributed by atoms with Gasteiger partial charge in [-0.05, 0) is 44.4 Å². The van der Waals surface area contributed by atoms with Gasteiger partial charge in [0, 0.05) is 18.6 Å². The van der Waals surface area contributed by atoms with Gasteiger partial charge in [0.2, 0.25) is 0 Å². The first-order chi connectivity index (χ1) is 10.4. The van der Waals surface area contributed by atoms with E-state index >= 15 is 0 Å². The molecule has 3 nitrogen and oxygen atoms in total. The Kier molecular flexibility index (Phi) is 4.04. The number of ether oxygens (including phenoxy) is 1. The fourth-order valence-electron chi connectivity index (χ4n) is 3.04. The number of rotatable bonds is 1. The number of halogens is 2. The molecule has 0 aromatic heterocycles. The van der Waals surface area contributed by atoms with Crippen LogP contribution in [0.2, 0.25) is 10.0 Å². The zero-order valence-electron chi connectivity index (χ0n) is 12.5. The van der Waals surface area contributed by atoms with Crippen molar-refractivity contribution in [2.24, 2.45) is 4.99 Å². The number of hydrogen-bond donors (Lipinski definition) is 0. The number of esters is 1. The minimum Gasteiger partial charge on any atom is -0.456 e. The quantitative estimate of drug-likeness (QED) is 0.682. The highest BCUT2D eigenvalue weighted by molar-refractivity contribution is 6.42. The fourth-order valence-corrected chi connectivity index (χ4v) is 3.35. The number of hydrogen-bond acceptors (Lipinski definition) is 3. The van der Waals surface area contributed by atoms with Crippen molar-refractivity contribution >= 4 is 35.4 Å². The van der Waals surface area contributed by atoms with Crippen LogP contribution in [0.4, 0.5) is 0 Å². The molecular formula is C17H17Cl2NO2. The van der Waals surface area contributed by atoms with Crippen LogP contribution in [0.3, 0.4) is 0 Å². The van der Waals surface area contributed by atoms with Gasteiger partial charge in [-0.15, -0.1) is 0 Å². The maximum absolute atomic E-state index is 12.5. The summed E-state index contributed by atoms with van der Waals surface area (Å²) in [7, 11) is 0. The van der Waals surface area contributed by atoms with Crippen molar-refractivity contribution in [3.05, 3.63) is 45.1 Å². The average molecular weight is 338 g/mol. The minimum atomic E-state index is -0.514. The van der Waals surface area contributed by atoms with E-state index in [4.69, 9.17) is 27.9 Å². The van der Waals surface area contributed by atoms with Crippen LogP contribution in [0.15, 0.2) is 34.5 Å². The summed E-state index contributed by atoms with van der Waals surface area (Å²) in [6.45, 7) is 3.81. The lowest BCUT2D eigenvalue weighted by Crippen LogP contribution is -2.35. The Morgan fingerprint density at radius 2 is 2.05 bits per heavy atom. The summed E-state index contributed by atoms with van der Waals surface area (Å²) in [6, 6.07) is 5.52. The zero-order chi connectivity index (χ0) is 15.9. The molecule has 0 bridgehead atoms. The van der Waals surface area contributed by atoms with Crippen LogP contribution in [0.1, 0.15) is 44.6 Å². The van der Waals surface area contributed by atoms with Gasteiger partial charge in [0.25, 0.3) is 0 Å². The van der Waals surface area contributed by atoms with Gasteiger partial charge in [-0.3, -0.25) is 4.99 Å². The van der Waals surface area contributed by atoms with E-state index < -0.39 is 5.60 Å². The lowest BCUT2D eigenvalue weighted by Gasteiger charge is -2.33. The van der Waals surface area contributed by atoms with E-state index in [1.807, 2.05) is 32.2 Å². The van der Waals surface area contributed by atoms with Crippen LogP contribution < -0.4 is 0 Å². The molecule has 0 spiro atoms. The first-order valence-electron chi connectivity index (χ1n) is 7.31. The Morgan fingerprint density at radius 3 is 2.77 bits per heavy atom. The molecule has 0 saturated carbocycles. The maximum Gasteiger partial charge on any atom is 0.337 e. The summed E-state index contributed by atoms with van der Waals surface area (Å²) in [5.74, 6) is -0.336. The Bertz CT molecular complexity index is 692. The molecule has 3 rings (SSSR count). The molecule has 0 radical (unpaired) electrons. The van der Waals surface area contributed by atoms with Crippen LogP contribution in [0.5, 0.6) is 0 Å². The Hall–Kier alpha value is -1.32. The van der Waals surface area contributed by atoms with Crippen LogP contribution in [-0.4, -0.2) is 17.8 Å². The molecular weight excluding hydrogens is 321 g/mol. The van der Waals surface area contributed by atoms with Crippen molar-refractivity contribution in [2.45, 2.75) is 44.6 Å².